The molecule has 3 rings (SSSR count). The number of thiocarbonyl (C=S) groups is 1. The fourth-order valence-electron chi connectivity index (χ4n) is 2.58. The second kappa shape index (κ2) is 9.29. The number of carbonyl (C=O) groups is 1. The van der Waals surface area contributed by atoms with E-state index in [1.54, 1.807) is 6.07 Å². The first-order chi connectivity index (χ1) is 12.6. The first kappa shape index (κ1) is 19.1. The number of amides is 1. The summed E-state index contributed by atoms with van der Waals surface area (Å²) in [4.78, 5) is 12.3. The van der Waals surface area contributed by atoms with E-state index in [9.17, 15) is 4.79 Å². The zero-order chi connectivity index (χ0) is 18.4. The summed E-state index contributed by atoms with van der Waals surface area (Å²) < 4.78 is 12.1. The lowest BCUT2D eigenvalue weighted by Crippen LogP contribution is -2.34. The van der Waals surface area contributed by atoms with Gasteiger partial charge < -0.3 is 14.8 Å². The van der Waals surface area contributed by atoms with Gasteiger partial charge in [0.2, 0.25) is 0 Å². The summed E-state index contributed by atoms with van der Waals surface area (Å²) in [5.41, 5.74) is 1.37. The number of anilines is 1. The van der Waals surface area contributed by atoms with Gasteiger partial charge in [0.25, 0.3) is 5.91 Å². The van der Waals surface area contributed by atoms with Crippen molar-refractivity contribution in [1.82, 2.24) is 5.32 Å². The summed E-state index contributed by atoms with van der Waals surface area (Å²) in [6, 6.07) is 14.8. The summed E-state index contributed by atoms with van der Waals surface area (Å²) in [5, 5.41) is 5.95. The Morgan fingerprint density at radius 3 is 2.69 bits per heavy atom. The van der Waals surface area contributed by atoms with Gasteiger partial charge in [0.05, 0.1) is 11.7 Å². The first-order valence-corrected chi connectivity index (χ1v) is 9.82. The zero-order valence-corrected chi connectivity index (χ0v) is 17.0. The summed E-state index contributed by atoms with van der Waals surface area (Å²) in [6.07, 6.45) is 2.34. The highest BCUT2D eigenvalue weighted by Gasteiger charge is 2.16. The minimum absolute atomic E-state index is 0.191. The summed E-state index contributed by atoms with van der Waals surface area (Å²) in [7, 11) is 0. The predicted molar refractivity (Wildman–Crippen MR) is 114 cm³/mol. The molecule has 1 fully saturated rings. The Morgan fingerprint density at radius 1 is 1.23 bits per heavy atom. The standard InChI is InChI=1S/C19H19IN2O3S/c20-17-6-2-1-5-16(17)18(23)22-19(26)21-13-7-9-14(10-8-13)25-12-15-4-3-11-24-15/h1-2,5-10,15H,3-4,11-12H2,(H2,21,22,23,26). The van der Waals surface area contributed by atoms with E-state index >= 15 is 0 Å². The van der Waals surface area contributed by atoms with Gasteiger partial charge in [-0.25, -0.2) is 0 Å². The second-order valence-electron chi connectivity index (χ2n) is 5.86. The highest BCUT2D eigenvalue weighted by atomic mass is 127. The molecule has 2 N–H and O–H groups in total. The van der Waals surface area contributed by atoms with Gasteiger partial charge in [0.15, 0.2) is 5.11 Å². The predicted octanol–water partition coefficient (Wildman–Crippen LogP) is 3.98. The lowest BCUT2D eigenvalue weighted by Gasteiger charge is -2.13. The Balaban J connectivity index is 1.49. The molecule has 1 amide bonds. The lowest BCUT2D eigenvalue weighted by molar-refractivity contribution is 0.0679. The van der Waals surface area contributed by atoms with Gasteiger partial charge in [-0.2, -0.15) is 0 Å². The maximum Gasteiger partial charge on any atom is 0.258 e. The van der Waals surface area contributed by atoms with Crippen molar-refractivity contribution in [1.29, 1.82) is 0 Å². The van der Waals surface area contributed by atoms with Crippen LogP contribution >= 0.6 is 34.8 Å². The number of rotatable bonds is 5. The molecule has 0 aromatic heterocycles. The van der Waals surface area contributed by atoms with Crippen molar-refractivity contribution in [2.24, 2.45) is 0 Å². The lowest BCUT2D eigenvalue weighted by atomic mass is 10.2. The number of hydrogen-bond donors (Lipinski definition) is 2. The zero-order valence-electron chi connectivity index (χ0n) is 14.0. The van der Waals surface area contributed by atoms with Crippen LogP contribution in [0.4, 0.5) is 5.69 Å². The van der Waals surface area contributed by atoms with E-state index in [1.807, 2.05) is 42.5 Å². The molecule has 0 radical (unpaired) electrons. The molecule has 1 heterocycles. The molecule has 0 bridgehead atoms. The van der Waals surface area contributed by atoms with E-state index in [2.05, 4.69) is 33.2 Å². The number of halogens is 1. The number of ether oxygens (including phenoxy) is 2. The molecule has 0 aliphatic carbocycles. The van der Waals surface area contributed by atoms with Crippen LogP contribution < -0.4 is 15.4 Å². The van der Waals surface area contributed by atoms with Gasteiger partial charge in [-0.15, -0.1) is 0 Å². The van der Waals surface area contributed by atoms with Crippen LogP contribution in [0.5, 0.6) is 5.75 Å². The number of hydrogen-bond acceptors (Lipinski definition) is 4. The van der Waals surface area contributed by atoms with Gasteiger partial charge in [-0.1, -0.05) is 12.1 Å². The molecule has 1 saturated heterocycles. The molecular weight excluding hydrogens is 463 g/mol. The van der Waals surface area contributed by atoms with Crippen molar-refractivity contribution >= 4 is 51.5 Å². The largest absolute Gasteiger partial charge is 0.491 e. The van der Waals surface area contributed by atoms with Crippen molar-refractivity contribution in [2.45, 2.75) is 18.9 Å². The Bertz CT molecular complexity index is 777. The van der Waals surface area contributed by atoms with Crippen molar-refractivity contribution in [3.63, 3.8) is 0 Å². The third kappa shape index (κ3) is 5.39. The molecule has 7 heteroatoms. The molecule has 5 nitrogen and oxygen atoms in total. The first-order valence-electron chi connectivity index (χ1n) is 8.33. The van der Waals surface area contributed by atoms with Gasteiger partial charge in [-0.3, -0.25) is 10.1 Å². The van der Waals surface area contributed by atoms with Gasteiger partial charge in [-0.05, 0) is 84.0 Å². The summed E-state index contributed by atoms with van der Waals surface area (Å²) >= 11 is 7.34. The average Bonchev–Trinajstić information content (AvgIpc) is 3.15. The van der Waals surface area contributed by atoms with E-state index in [1.165, 1.54) is 0 Å². The second-order valence-corrected chi connectivity index (χ2v) is 7.43. The minimum Gasteiger partial charge on any atom is -0.491 e. The number of benzene rings is 2. The topological polar surface area (TPSA) is 59.6 Å². The molecule has 1 atom stereocenters. The Kier molecular flexibility index (Phi) is 6.81. The van der Waals surface area contributed by atoms with Gasteiger partial charge >= 0.3 is 0 Å². The maximum atomic E-state index is 12.3. The van der Waals surface area contributed by atoms with Crippen LogP contribution in [0, 0.1) is 3.57 Å². The smallest absolute Gasteiger partial charge is 0.258 e. The molecular formula is C19H19IN2O3S. The molecule has 1 aliphatic heterocycles. The quantitative estimate of drug-likeness (QED) is 0.499. The molecule has 2 aromatic carbocycles. The highest BCUT2D eigenvalue weighted by molar-refractivity contribution is 14.1. The summed E-state index contributed by atoms with van der Waals surface area (Å²) in [6.45, 7) is 1.39. The minimum atomic E-state index is -0.232. The molecule has 1 unspecified atom stereocenters. The summed E-state index contributed by atoms with van der Waals surface area (Å²) in [5.74, 6) is 0.545. The van der Waals surface area contributed by atoms with Crippen molar-refractivity contribution in [3.05, 3.63) is 57.7 Å². The van der Waals surface area contributed by atoms with Crippen LogP contribution in [0.1, 0.15) is 23.2 Å². The van der Waals surface area contributed by atoms with Crippen molar-refractivity contribution in [3.8, 4) is 5.75 Å². The van der Waals surface area contributed by atoms with E-state index in [0.29, 0.717) is 12.2 Å². The van der Waals surface area contributed by atoms with E-state index < -0.39 is 0 Å². The van der Waals surface area contributed by atoms with Gasteiger partial charge in [0, 0.05) is 15.9 Å². The Hall–Kier alpha value is -1.71. The molecule has 26 heavy (non-hydrogen) atoms. The number of nitrogens with one attached hydrogen (secondary N) is 2. The van der Waals surface area contributed by atoms with Gasteiger partial charge in [0.1, 0.15) is 12.4 Å². The fraction of sp³-hybridized carbons (Fsp3) is 0.263. The SMILES string of the molecule is O=C(NC(=S)Nc1ccc(OCC2CCCO2)cc1)c1ccccc1I. The van der Waals surface area contributed by atoms with Crippen LogP contribution in [-0.4, -0.2) is 30.3 Å². The van der Waals surface area contributed by atoms with Crippen LogP contribution in [0.25, 0.3) is 0 Å². The third-order valence-corrected chi connectivity index (χ3v) is 5.06. The Labute approximate surface area is 171 Å². The molecule has 0 saturated carbocycles. The fourth-order valence-corrected chi connectivity index (χ4v) is 3.42. The third-order valence-electron chi connectivity index (χ3n) is 3.92. The molecule has 136 valence electrons. The van der Waals surface area contributed by atoms with E-state index in [-0.39, 0.29) is 17.1 Å². The maximum absolute atomic E-state index is 12.3. The molecule has 0 spiro atoms. The number of carbonyl (C=O) groups excluding carboxylic acids is 1. The Morgan fingerprint density at radius 2 is 2.00 bits per heavy atom. The van der Waals surface area contributed by atoms with Crippen LogP contribution in [0.3, 0.4) is 0 Å². The van der Waals surface area contributed by atoms with Crippen LogP contribution in [0.15, 0.2) is 48.5 Å². The average molecular weight is 482 g/mol. The van der Waals surface area contributed by atoms with Crippen molar-refractivity contribution in [2.75, 3.05) is 18.5 Å². The van der Waals surface area contributed by atoms with E-state index in [4.69, 9.17) is 21.7 Å². The highest BCUT2D eigenvalue weighted by Crippen LogP contribution is 2.18. The van der Waals surface area contributed by atoms with Crippen LogP contribution in [-0.2, 0) is 4.74 Å². The molecule has 1 aliphatic rings. The van der Waals surface area contributed by atoms with Crippen LogP contribution in [0.2, 0.25) is 0 Å². The molecule has 2 aromatic rings. The van der Waals surface area contributed by atoms with E-state index in [0.717, 1.165) is 34.5 Å². The normalized spacial score (nSPS) is 16.1. The monoisotopic (exact) mass is 482 g/mol. The van der Waals surface area contributed by atoms with Crippen molar-refractivity contribution < 1.29 is 14.3 Å².